The van der Waals surface area contributed by atoms with Gasteiger partial charge in [0.1, 0.15) is 5.75 Å². The van der Waals surface area contributed by atoms with Crippen LogP contribution in [-0.2, 0) is 26.0 Å². The van der Waals surface area contributed by atoms with Gasteiger partial charge >= 0.3 is 0 Å². The van der Waals surface area contributed by atoms with Crippen molar-refractivity contribution in [3.05, 3.63) is 60.2 Å². The first kappa shape index (κ1) is 22.9. The van der Waals surface area contributed by atoms with Crippen LogP contribution in [0.2, 0.25) is 0 Å². The number of ether oxygens (including phenoxy) is 2. The summed E-state index contributed by atoms with van der Waals surface area (Å²) in [6, 6.07) is 15.7. The molecule has 0 saturated heterocycles. The number of benzene rings is 2. The lowest BCUT2D eigenvalue weighted by Crippen LogP contribution is -2.41. The molecule has 0 spiro atoms. The van der Waals surface area contributed by atoms with Crippen molar-refractivity contribution < 1.29 is 22.7 Å². The molecule has 0 saturated carbocycles. The van der Waals surface area contributed by atoms with Gasteiger partial charge in [-0.2, -0.15) is 4.31 Å². The molecule has 2 aromatic carbocycles. The van der Waals surface area contributed by atoms with E-state index in [0.717, 1.165) is 11.3 Å². The van der Waals surface area contributed by atoms with E-state index in [9.17, 15) is 13.2 Å². The third kappa shape index (κ3) is 7.16. The van der Waals surface area contributed by atoms with Gasteiger partial charge in [-0.05, 0) is 42.7 Å². The van der Waals surface area contributed by atoms with Gasteiger partial charge in [0.2, 0.25) is 15.9 Å². The van der Waals surface area contributed by atoms with Gasteiger partial charge in [0, 0.05) is 26.8 Å². The number of hydrogen-bond acceptors (Lipinski definition) is 5. The highest BCUT2D eigenvalue weighted by atomic mass is 32.2. The van der Waals surface area contributed by atoms with E-state index in [0.29, 0.717) is 26.0 Å². The zero-order chi connectivity index (χ0) is 21.1. The number of methoxy groups -OCH3 is 2. The summed E-state index contributed by atoms with van der Waals surface area (Å²) in [5.74, 6) is 0.436. The summed E-state index contributed by atoms with van der Waals surface area (Å²) < 4.78 is 37.2. The van der Waals surface area contributed by atoms with Crippen LogP contribution in [0.5, 0.6) is 5.75 Å². The highest BCUT2D eigenvalue weighted by Gasteiger charge is 2.26. The predicted molar refractivity (Wildman–Crippen MR) is 111 cm³/mol. The Hall–Kier alpha value is -2.42. The summed E-state index contributed by atoms with van der Waals surface area (Å²) in [5.41, 5.74) is 1.06. The van der Waals surface area contributed by atoms with Gasteiger partial charge < -0.3 is 14.8 Å². The van der Waals surface area contributed by atoms with Gasteiger partial charge in [-0.25, -0.2) is 8.42 Å². The number of sulfonamides is 1. The molecule has 0 aliphatic rings. The minimum Gasteiger partial charge on any atom is -0.497 e. The number of amides is 1. The average molecular weight is 421 g/mol. The van der Waals surface area contributed by atoms with Crippen molar-refractivity contribution in [3.8, 4) is 5.75 Å². The van der Waals surface area contributed by atoms with Crippen LogP contribution in [0.1, 0.15) is 12.0 Å². The summed E-state index contributed by atoms with van der Waals surface area (Å²) in [5, 5.41) is 2.80. The first-order valence-corrected chi connectivity index (χ1v) is 10.8. The number of carbonyl (C=O) groups excluding carboxylic acids is 1. The van der Waals surface area contributed by atoms with Crippen molar-refractivity contribution >= 4 is 15.9 Å². The van der Waals surface area contributed by atoms with E-state index in [-0.39, 0.29) is 23.9 Å². The van der Waals surface area contributed by atoms with Crippen LogP contribution in [0, 0.1) is 0 Å². The molecule has 0 aliphatic carbocycles. The fourth-order valence-corrected chi connectivity index (χ4v) is 4.22. The summed E-state index contributed by atoms with van der Waals surface area (Å²) in [7, 11) is -0.593. The molecule has 158 valence electrons. The molecule has 1 amide bonds. The van der Waals surface area contributed by atoms with Crippen LogP contribution in [-0.4, -0.2) is 59.1 Å². The Kier molecular flexibility index (Phi) is 9.11. The van der Waals surface area contributed by atoms with Gasteiger partial charge in [0.25, 0.3) is 0 Å². The van der Waals surface area contributed by atoms with E-state index < -0.39 is 10.0 Å². The molecule has 0 aliphatic heterocycles. The second-order valence-electron chi connectivity index (χ2n) is 6.45. The predicted octanol–water partition coefficient (Wildman–Crippen LogP) is 2.08. The number of nitrogens with zero attached hydrogens (tertiary/aromatic N) is 1. The number of rotatable bonds is 12. The monoisotopic (exact) mass is 420 g/mol. The highest BCUT2D eigenvalue weighted by molar-refractivity contribution is 7.89. The Labute approximate surface area is 172 Å². The van der Waals surface area contributed by atoms with E-state index in [2.05, 4.69) is 5.32 Å². The summed E-state index contributed by atoms with van der Waals surface area (Å²) in [6.07, 6.45) is 1.15. The van der Waals surface area contributed by atoms with Crippen LogP contribution in [0.15, 0.2) is 59.5 Å². The maximum Gasteiger partial charge on any atom is 0.243 e. The fraction of sp³-hybridized carbons (Fsp3) is 0.381. The molecule has 0 atom stereocenters. The highest BCUT2D eigenvalue weighted by Crippen LogP contribution is 2.15. The third-order valence-electron chi connectivity index (χ3n) is 4.35. The average Bonchev–Trinajstić information content (AvgIpc) is 2.74. The Morgan fingerprint density at radius 1 is 1.03 bits per heavy atom. The Morgan fingerprint density at radius 3 is 2.34 bits per heavy atom. The van der Waals surface area contributed by atoms with Gasteiger partial charge in [-0.3, -0.25) is 4.79 Å². The smallest absolute Gasteiger partial charge is 0.243 e. The Balaban J connectivity index is 1.95. The van der Waals surface area contributed by atoms with Crippen molar-refractivity contribution in [1.82, 2.24) is 9.62 Å². The zero-order valence-electron chi connectivity index (χ0n) is 16.8. The Bertz CT molecular complexity index is 854. The molecular formula is C21H28N2O5S. The van der Waals surface area contributed by atoms with Crippen LogP contribution in [0.4, 0.5) is 0 Å². The molecule has 7 nitrogen and oxygen atoms in total. The molecule has 0 fully saturated rings. The fourth-order valence-electron chi connectivity index (χ4n) is 2.77. The first-order valence-electron chi connectivity index (χ1n) is 9.41. The zero-order valence-corrected chi connectivity index (χ0v) is 17.7. The van der Waals surface area contributed by atoms with Crippen molar-refractivity contribution in [2.24, 2.45) is 0 Å². The molecule has 2 aromatic rings. The molecule has 0 aromatic heterocycles. The Morgan fingerprint density at radius 2 is 1.72 bits per heavy atom. The van der Waals surface area contributed by atoms with E-state index in [1.54, 1.807) is 32.4 Å². The van der Waals surface area contributed by atoms with Gasteiger partial charge in [0.05, 0.1) is 18.6 Å². The molecule has 0 unspecified atom stereocenters. The second-order valence-corrected chi connectivity index (χ2v) is 8.38. The number of carbonyl (C=O) groups is 1. The van der Waals surface area contributed by atoms with Gasteiger partial charge in [-0.1, -0.05) is 30.3 Å². The van der Waals surface area contributed by atoms with Crippen molar-refractivity contribution in [3.63, 3.8) is 0 Å². The second kappa shape index (κ2) is 11.5. The van der Waals surface area contributed by atoms with Gasteiger partial charge in [0.15, 0.2) is 0 Å². The summed E-state index contributed by atoms with van der Waals surface area (Å²) in [6.45, 7) is 0.808. The normalized spacial score (nSPS) is 11.4. The molecule has 1 N–H and O–H groups in total. The lowest BCUT2D eigenvalue weighted by atomic mass is 10.1. The van der Waals surface area contributed by atoms with E-state index in [1.165, 1.54) is 16.4 Å². The van der Waals surface area contributed by atoms with E-state index in [1.807, 2.05) is 24.3 Å². The molecule has 0 heterocycles. The van der Waals surface area contributed by atoms with Crippen molar-refractivity contribution in [2.45, 2.75) is 17.7 Å². The maximum absolute atomic E-state index is 12.9. The quantitative estimate of drug-likeness (QED) is 0.532. The molecule has 29 heavy (non-hydrogen) atoms. The maximum atomic E-state index is 12.9. The van der Waals surface area contributed by atoms with E-state index >= 15 is 0 Å². The molecule has 0 radical (unpaired) electrons. The standard InChI is InChI=1S/C21H28N2O5S/c1-27-16-6-15-23(29(25,26)20-7-4-3-5-8-20)17-21(24)22-14-13-18-9-11-19(28-2)12-10-18/h3-5,7-12H,6,13-17H2,1-2H3,(H,22,24). The van der Waals surface area contributed by atoms with Crippen LogP contribution >= 0.6 is 0 Å². The minimum atomic E-state index is -3.76. The summed E-state index contributed by atoms with van der Waals surface area (Å²) >= 11 is 0. The van der Waals surface area contributed by atoms with Crippen LogP contribution in [0.25, 0.3) is 0 Å². The molecule has 8 heteroatoms. The molecule has 0 bridgehead atoms. The lowest BCUT2D eigenvalue weighted by Gasteiger charge is -2.21. The van der Waals surface area contributed by atoms with Crippen molar-refractivity contribution in [2.75, 3.05) is 40.5 Å². The number of hydrogen-bond donors (Lipinski definition) is 1. The topological polar surface area (TPSA) is 84.9 Å². The summed E-state index contributed by atoms with van der Waals surface area (Å²) in [4.78, 5) is 12.6. The van der Waals surface area contributed by atoms with Crippen LogP contribution < -0.4 is 10.1 Å². The number of nitrogens with one attached hydrogen (secondary N) is 1. The molecule has 2 rings (SSSR count). The van der Waals surface area contributed by atoms with E-state index in [4.69, 9.17) is 9.47 Å². The SMILES string of the molecule is COCCCN(CC(=O)NCCc1ccc(OC)cc1)S(=O)(=O)c1ccccc1. The third-order valence-corrected chi connectivity index (χ3v) is 6.21. The largest absolute Gasteiger partial charge is 0.497 e. The van der Waals surface area contributed by atoms with Crippen molar-refractivity contribution in [1.29, 1.82) is 0 Å². The minimum absolute atomic E-state index is 0.170. The molecular weight excluding hydrogens is 392 g/mol. The van der Waals surface area contributed by atoms with Gasteiger partial charge in [-0.15, -0.1) is 0 Å². The van der Waals surface area contributed by atoms with Crippen LogP contribution in [0.3, 0.4) is 0 Å². The lowest BCUT2D eigenvalue weighted by molar-refractivity contribution is -0.121. The first-order chi connectivity index (χ1) is 14.0.